The van der Waals surface area contributed by atoms with Gasteiger partial charge in [0.25, 0.3) is 15.6 Å². The monoisotopic (exact) mass is 504 g/mol. The third kappa shape index (κ3) is 4.28. The molecule has 10 heteroatoms. The molecule has 0 radical (unpaired) electrons. The Morgan fingerprint density at radius 1 is 0.972 bits per heavy atom. The van der Waals surface area contributed by atoms with Gasteiger partial charge in [-0.3, -0.25) is 9.52 Å². The number of hydrogen-bond acceptors (Lipinski definition) is 5. The summed E-state index contributed by atoms with van der Waals surface area (Å²) in [6.07, 6.45) is 3.10. The van der Waals surface area contributed by atoms with Crippen LogP contribution in [0.4, 0.5) is 5.69 Å². The molecule has 0 spiro atoms. The number of nitrogens with zero attached hydrogens (tertiary/aromatic N) is 4. The number of H-pyrrole nitrogens is 1. The predicted molar refractivity (Wildman–Crippen MR) is 141 cm³/mol. The number of nitrogens with one attached hydrogen (secondary N) is 2. The van der Waals surface area contributed by atoms with Crippen LogP contribution in [0.15, 0.2) is 64.3 Å². The van der Waals surface area contributed by atoms with Gasteiger partial charge in [-0.1, -0.05) is 49.6 Å². The van der Waals surface area contributed by atoms with E-state index >= 15 is 0 Å². The van der Waals surface area contributed by atoms with Gasteiger partial charge in [-0.2, -0.15) is 0 Å². The highest BCUT2D eigenvalue weighted by molar-refractivity contribution is 7.92. The van der Waals surface area contributed by atoms with Crippen LogP contribution in [0, 0.1) is 13.8 Å². The van der Waals surface area contributed by atoms with Gasteiger partial charge >= 0.3 is 0 Å². The van der Waals surface area contributed by atoms with Crippen molar-refractivity contribution in [3.63, 3.8) is 0 Å². The van der Waals surface area contributed by atoms with Gasteiger partial charge in [-0.25, -0.2) is 12.8 Å². The van der Waals surface area contributed by atoms with Crippen molar-refractivity contribution in [2.45, 2.75) is 51.5 Å². The number of anilines is 1. The van der Waals surface area contributed by atoms with Gasteiger partial charge in [0.05, 0.1) is 10.4 Å². The van der Waals surface area contributed by atoms with Crippen LogP contribution in [0.2, 0.25) is 0 Å². The molecule has 0 unspecified atom stereocenters. The van der Waals surface area contributed by atoms with Crippen LogP contribution in [-0.4, -0.2) is 32.6 Å². The summed E-state index contributed by atoms with van der Waals surface area (Å²) >= 11 is 0. The minimum atomic E-state index is -3.73. The first-order valence-corrected chi connectivity index (χ1v) is 13.4. The van der Waals surface area contributed by atoms with E-state index in [1.165, 1.54) is 4.40 Å². The third-order valence-electron chi connectivity index (χ3n) is 6.32. The van der Waals surface area contributed by atoms with Crippen LogP contribution in [0.3, 0.4) is 0 Å². The summed E-state index contributed by atoms with van der Waals surface area (Å²) in [6.45, 7) is 6.56. The summed E-state index contributed by atoms with van der Waals surface area (Å²) in [7, 11) is -3.73. The molecule has 2 aromatic carbocycles. The van der Waals surface area contributed by atoms with E-state index in [4.69, 9.17) is 0 Å². The van der Waals surface area contributed by atoms with E-state index < -0.39 is 10.0 Å². The topological polar surface area (TPSA) is 114 Å². The second-order valence-corrected chi connectivity index (χ2v) is 10.7. The lowest BCUT2D eigenvalue weighted by Crippen LogP contribution is -2.19. The molecule has 0 atom stereocenters. The second kappa shape index (κ2) is 9.27. The molecule has 5 rings (SSSR count). The van der Waals surface area contributed by atoms with E-state index in [-0.39, 0.29) is 10.5 Å². The standard InChI is InChI=1S/C26H28N6O3S/c1-4-5-6-15-31-23-16-22(27-24(23)25(33)32-18(3)28-29-26(31)32)19-9-13-21(14-10-19)36(34,35)30-20-11-7-17(2)8-12-20/h7-14,16,27,30H,4-6,15H2,1-3H3. The quantitative estimate of drug-likeness (QED) is 0.299. The molecule has 0 saturated heterocycles. The number of unbranched alkanes of at least 4 members (excludes halogenated alkanes) is 2. The highest BCUT2D eigenvalue weighted by Crippen LogP contribution is 2.26. The van der Waals surface area contributed by atoms with Gasteiger partial charge in [0.2, 0.25) is 5.78 Å². The third-order valence-corrected chi connectivity index (χ3v) is 7.72. The summed E-state index contributed by atoms with van der Waals surface area (Å²) < 4.78 is 31.9. The molecule has 0 aliphatic carbocycles. The molecule has 0 amide bonds. The molecule has 36 heavy (non-hydrogen) atoms. The first-order valence-electron chi connectivity index (χ1n) is 12.0. The van der Waals surface area contributed by atoms with Crippen LogP contribution in [0.25, 0.3) is 28.1 Å². The van der Waals surface area contributed by atoms with E-state index in [0.717, 1.165) is 41.6 Å². The Labute approximate surface area is 208 Å². The highest BCUT2D eigenvalue weighted by atomic mass is 32.2. The number of sulfonamides is 1. The van der Waals surface area contributed by atoms with Crippen molar-refractivity contribution in [2.24, 2.45) is 0 Å². The zero-order chi connectivity index (χ0) is 25.4. The number of fused-ring (bicyclic) bond motifs is 2. The van der Waals surface area contributed by atoms with Crippen molar-refractivity contribution < 1.29 is 8.42 Å². The van der Waals surface area contributed by atoms with Gasteiger partial charge < -0.3 is 9.55 Å². The summed E-state index contributed by atoms with van der Waals surface area (Å²) in [5.74, 6) is 1.06. The number of hydrogen-bond donors (Lipinski definition) is 2. The highest BCUT2D eigenvalue weighted by Gasteiger charge is 2.19. The van der Waals surface area contributed by atoms with Crippen molar-refractivity contribution in [3.05, 3.63) is 76.3 Å². The van der Waals surface area contributed by atoms with Gasteiger partial charge in [-0.05, 0) is 56.2 Å². The first kappa shape index (κ1) is 23.8. The van der Waals surface area contributed by atoms with Crippen molar-refractivity contribution in [1.82, 2.24) is 24.1 Å². The minimum Gasteiger partial charge on any atom is -0.349 e. The smallest absolute Gasteiger partial charge is 0.284 e. The fraction of sp³-hybridized carbons (Fsp3) is 0.269. The average molecular weight is 505 g/mol. The van der Waals surface area contributed by atoms with Gasteiger partial charge in [-0.15, -0.1) is 10.2 Å². The molecule has 0 fully saturated rings. The van der Waals surface area contributed by atoms with Crippen LogP contribution < -0.4 is 10.3 Å². The SMILES string of the molecule is CCCCCn1c2cc(-c3ccc(S(=O)(=O)Nc4ccc(C)cc4)cc3)[nH]c2c(=O)n2c(C)nnc12. The van der Waals surface area contributed by atoms with Gasteiger partial charge in [0, 0.05) is 17.9 Å². The zero-order valence-corrected chi connectivity index (χ0v) is 21.3. The molecule has 0 saturated carbocycles. The maximum atomic E-state index is 13.2. The Balaban J connectivity index is 1.52. The number of aromatic amines is 1. The van der Waals surface area contributed by atoms with E-state index in [9.17, 15) is 13.2 Å². The Morgan fingerprint density at radius 2 is 1.69 bits per heavy atom. The molecular weight excluding hydrogens is 476 g/mol. The number of aryl methyl sites for hydroxylation is 3. The number of benzene rings is 2. The Bertz CT molecular complexity index is 1710. The normalized spacial score (nSPS) is 12.0. The molecule has 0 bridgehead atoms. The molecule has 3 heterocycles. The molecule has 0 aliphatic heterocycles. The fourth-order valence-electron chi connectivity index (χ4n) is 4.35. The largest absolute Gasteiger partial charge is 0.349 e. The molecule has 5 aromatic rings. The van der Waals surface area contributed by atoms with Crippen LogP contribution in [0.5, 0.6) is 0 Å². The maximum absolute atomic E-state index is 13.2. The molecule has 3 aromatic heterocycles. The van der Waals surface area contributed by atoms with Crippen molar-refractivity contribution in [3.8, 4) is 11.3 Å². The molecule has 0 aliphatic rings. The van der Waals surface area contributed by atoms with Crippen molar-refractivity contribution in [1.29, 1.82) is 0 Å². The summed E-state index contributed by atoms with van der Waals surface area (Å²) in [6, 6.07) is 15.7. The minimum absolute atomic E-state index is 0.155. The first-order chi connectivity index (χ1) is 17.3. The lowest BCUT2D eigenvalue weighted by molar-refractivity contribution is 0.601. The van der Waals surface area contributed by atoms with Crippen molar-refractivity contribution in [2.75, 3.05) is 4.72 Å². The molecule has 9 nitrogen and oxygen atoms in total. The summed E-state index contributed by atoms with van der Waals surface area (Å²) in [5, 5.41) is 8.37. The maximum Gasteiger partial charge on any atom is 0.284 e. The molecule has 2 N–H and O–H groups in total. The zero-order valence-electron chi connectivity index (χ0n) is 20.4. The Morgan fingerprint density at radius 3 is 2.39 bits per heavy atom. The number of rotatable bonds is 8. The van der Waals surface area contributed by atoms with Crippen LogP contribution >= 0.6 is 0 Å². The second-order valence-electron chi connectivity index (χ2n) is 8.99. The van der Waals surface area contributed by atoms with Gasteiger partial charge in [0.15, 0.2) is 0 Å². The Kier molecular flexibility index (Phi) is 6.13. The van der Waals surface area contributed by atoms with E-state index in [1.807, 2.05) is 29.7 Å². The summed E-state index contributed by atoms with van der Waals surface area (Å²) in [5.41, 5.74) is 4.06. The lowest BCUT2D eigenvalue weighted by atomic mass is 10.1. The Hall–Kier alpha value is -3.92. The predicted octanol–water partition coefficient (Wildman–Crippen LogP) is 4.65. The van der Waals surface area contributed by atoms with Gasteiger partial charge in [0.1, 0.15) is 11.3 Å². The molecule has 186 valence electrons. The lowest BCUT2D eigenvalue weighted by Gasteiger charge is -2.09. The average Bonchev–Trinajstić information content (AvgIpc) is 3.48. The van der Waals surface area contributed by atoms with Crippen LogP contribution in [0.1, 0.15) is 37.6 Å². The van der Waals surface area contributed by atoms with E-state index in [1.54, 1.807) is 43.3 Å². The van der Waals surface area contributed by atoms with Crippen LogP contribution in [-0.2, 0) is 16.6 Å². The fourth-order valence-corrected chi connectivity index (χ4v) is 5.41. The summed E-state index contributed by atoms with van der Waals surface area (Å²) in [4.78, 5) is 16.6. The van der Waals surface area contributed by atoms with Crippen molar-refractivity contribution >= 4 is 32.5 Å². The molecular formula is C26H28N6O3S. The number of aromatic nitrogens is 5. The van der Waals surface area contributed by atoms with E-state index in [2.05, 4.69) is 26.8 Å². The van der Waals surface area contributed by atoms with E-state index in [0.29, 0.717) is 29.4 Å².